The van der Waals surface area contributed by atoms with Gasteiger partial charge in [0, 0.05) is 25.0 Å². The molecule has 32 heavy (non-hydrogen) atoms. The number of nitrogens with one attached hydrogen (secondary N) is 1. The molecule has 3 nitrogen and oxygen atoms in total. The van der Waals surface area contributed by atoms with E-state index >= 15 is 0 Å². The second-order valence-electron chi connectivity index (χ2n) is 10.4. The van der Waals surface area contributed by atoms with E-state index in [0.29, 0.717) is 5.41 Å². The average Bonchev–Trinajstić information content (AvgIpc) is 3.38. The standard InChI is InChI=1S/C29H40N2O/c1-23-11-13-27(14-12-23)32-20-6-17-31-18-15-26(16-19-31)29(25-8-3-4-9-25)22-30-21-24-7-2-5-10-28(24)29/h2,5,7,10-14,25-26,30H,3-4,6,8-9,15-22H2,1H3. The highest BCUT2D eigenvalue weighted by atomic mass is 16.5. The maximum absolute atomic E-state index is 5.96. The van der Waals surface area contributed by atoms with Crippen LogP contribution in [0.4, 0.5) is 0 Å². The Labute approximate surface area is 194 Å². The molecule has 0 bridgehead atoms. The van der Waals surface area contributed by atoms with Crippen molar-refractivity contribution < 1.29 is 4.74 Å². The molecule has 1 atom stereocenters. The van der Waals surface area contributed by atoms with Crippen LogP contribution in [-0.4, -0.2) is 37.7 Å². The summed E-state index contributed by atoms with van der Waals surface area (Å²) in [5.41, 5.74) is 4.88. The second-order valence-corrected chi connectivity index (χ2v) is 10.4. The van der Waals surface area contributed by atoms with Gasteiger partial charge in [-0.2, -0.15) is 0 Å². The summed E-state index contributed by atoms with van der Waals surface area (Å²) >= 11 is 0. The topological polar surface area (TPSA) is 24.5 Å². The van der Waals surface area contributed by atoms with Crippen LogP contribution in [0.2, 0.25) is 0 Å². The van der Waals surface area contributed by atoms with Crippen LogP contribution in [0.25, 0.3) is 0 Å². The number of hydrogen-bond acceptors (Lipinski definition) is 3. The Morgan fingerprint density at radius 2 is 1.66 bits per heavy atom. The van der Waals surface area contributed by atoms with Crippen LogP contribution < -0.4 is 10.1 Å². The Kier molecular flexibility index (Phi) is 6.85. The molecule has 5 rings (SSSR count). The average molecular weight is 433 g/mol. The minimum absolute atomic E-state index is 0.353. The molecule has 1 saturated carbocycles. The molecule has 2 aromatic carbocycles. The maximum atomic E-state index is 5.96. The third-order valence-electron chi connectivity index (χ3n) is 8.56. The Balaban J connectivity index is 1.19. The van der Waals surface area contributed by atoms with Gasteiger partial charge in [-0.15, -0.1) is 0 Å². The Morgan fingerprint density at radius 3 is 2.44 bits per heavy atom. The van der Waals surface area contributed by atoms with E-state index in [2.05, 4.69) is 65.7 Å². The van der Waals surface area contributed by atoms with Gasteiger partial charge in [-0.05, 0) is 87.2 Å². The van der Waals surface area contributed by atoms with Crippen molar-refractivity contribution in [1.82, 2.24) is 10.2 Å². The first kappa shape index (κ1) is 22.0. The molecule has 1 N–H and O–H groups in total. The van der Waals surface area contributed by atoms with Gasteiger partial charge in [0.1, 0.15) is 5.75 Å². The fourth-order valence-corrected chi connectivity index (χ4v) is 6.91. The minimum Gasteiger partial charge on any atom is -0.494 e. The van der Waals surface area contributed by atoms with Crippen molar-refractivity contribution in [1.29, 1.82) is 0 Å². The summed E-state index contributed by atoms with van der Waals surface area (Å²) in [6, 6.07) is 17.8. The molecule has 1 saturated heterocycles. The van der Waals surface area contributed by atoms with Gasteiger partial charge in [-0.1, -0.05) is 54.8 Å². The van der Waals surface area contributed by atoms with Crippen molar-refractivity contribution in [2.45, 2.75) is 63.8 Å². The van der Waals surface area contributed by atoms with Crippen molar-refractivity contribution in [3.8, 4) is 5.75 Å². The van der Waals surface area contributed by atoms with Gasteiger partial charge in [-0.25, -0.2) is 0 Å². The largest absolute Gasteiger partial charge is 0.494 e. The predicted octanol–water partition coefficient (Wildman–Crippen LogP) is 5.71. The van der Waals surface area contributed by atoms with Crippen molar-refractivity contribution in [3.05, 3.63) is 65.2 Å². The number of nitrogens with zero attached hydrogens (tertiary/aromatic N) is 1. The molecule has 2 aliphatic heterocycles. The lowest BCUT2D eigenvalue weighted by Gasteiger charge is -2.52. The predicted molar refractivity (Wildman–Crippen MR) is 132 cm³/mol. The summed E-state index contributed by atoms with van der Waals surface area (Å²) in [4.78, 5) is 2.68. The number of piperidine rings is 1. The molecule has 172 valence electrons. The molecule has 2 aromatic rings. The third-order valence-corrected chi connectivity index (χ3v) is 8.56. The fraction of sp³-hybridized carbons (Fsp3) is 0.586. The highest BCUT2D eigenvalue weighted by Gasteiger charge is 2.49. The second kappa shape index (κ2) is 9.97. The van der Waals surface area contributed by atoms with E-state index < -0.39 is 0 Å². The molecule has 3 heteroatoms. The molecular weight excluding hydrogens is 392 g/mol. The molecular formula is C29H40N2O. The number of likely N-dealkylation sites (tertiary alicyclic amines) is 1. The Bertz CT molecular complexity index is 865. The van der Waals surface area contributed by atoms with Crippen molar-refractivity contribution in [2.75, 3.05) is 32.8 Å². The SMILES string of the molecule is Cc1ccc(OCCCN2CCC(C3(C4CCCC4)CNCc4ccccc43)CC2)cc1. The number of aryl methyl sites for hydroxylation is 1. The van der Waals surface area contributed by atoms with Crippen LogP contribution in [0.5, 0.6) is 5.75 Å². The van der Waals surface area contributed by atoms with Crippen LogP contribution >= 0.6 is 0 Å². The van der Waals surface area contributed by atoms with Crippen molar-refractivity contribution >= 4 is 0 Å². The number of ether oxygens (including phenoxy) is 1. The van der Waals surface area contributed by atoms with Gasteiger partial charge in [-0.3, -0.25) is 0 Å². The molecule has 3 aliphatic rings. The lowest BCUT2D eigenvalue weighted by Crippen LogP contribution is -2.55. The Morgan fingerprint density at radius 1 is 0.938 bits per heavy atom. The van der Waals surface area contributed by atoms with Gasteiger partial charge >= 0.3 is 0 Å². The molecule has 0 amide bonds. The number of rotatable bonds is 7. The first-order valence-corrected chi connectivity index (χ1v) is 13.0. The molecule has 0 spiro atoms. The first-order valence-electron chi connectivity index (χ1n) is 13.0. The third kappa shape index (κ3) is 4.47. The van der Waals surface area contributed by atoms with Gasteiger partial charge in [0.25, 0.3) is 0 Å². The molecule has 0 radical (unpaired) electrons. The van der Waals surface area contributed by atoms with E-state index in [1.54, 1.807) is 11.1 Å². The summed E-state index contributed by atoms with van der Waals surface area (Å²) in [7, 11) is 0. The molecule has 2 heterocycles. The Hall–Kier alpha value is -1.84. The summed E-state index contributed by atoms with van der Waals surface area (Å²) in [6.07, 6.45) is 9.48. The first-order chi connectivity index (χ1) is 15.8. The highest BCUT2D eigenvalue weighted by Crippen LogP contribution is 2.51. The van der Waals surface area contributed by atoms with E-state index in [0.717, 1.165) is 43.7 Å². The van der Waals surface area contributed by atoms with Crippen LogP contribution in [-0.2, 0) is 12.0 Å². The number of fused-ring (bicyclic) bond motifs is 1. The number of hydrogen-bond donors (Lipinski definition) is 1. The van der Waals surface area contributed by atoms with Crippen molar-refractivity contribution in [2.24, 2.45) is 11.8 Å². The van der Waals surface area contributed by atoms with E-state index in [4.69, 9.17) is 4.74 Å². The molecule has 2 fully saturated rings. The monoisotopic (exact) mass is 432 g/mol. The van der Waals surface area contributed by atoms with Crippen LogP contribution in [0.15, 0.2) is 48.5 Å². The summed E-state index contributed by atoms with van der Waals surface area (Å²) in [5, 5.41) is 3.85. The van der Waals surface area contributed by atoms with E-state index in [1.165, 1.54) is 63.7 Å². The molecule has 1 unspecified atom stereocenters. The van der Waals surface area contributed by atoms with Crippen LogP contribution in [0.1, 0.15) is 61.6 Å². The summed E-state index contributed by atoms with van der Waals surface area (Å²) in [5.74, 6) is 2.66. The quantitative estimate of drug-likeness (QED) is 0.567. The summed E-state index contributed by atoms with van der Waals surface area (Å²) in [6.45, 7) is 8.80. The van der Waals surface area contributed by atoms with Crippen LogP contribution in [0, 0.1) is 18.8 Å². The van der Waals surface area contributed by atoms with E-state index in [9.17, 15) is 0 Å². The summed E-state index contributed by atoms with van der Waals surface area (Å²) < 4.78 is 5.96. The van der Waals surface area contributed by atoms with Gasteiger partial charge in [0.15, 0.2) is 0 Å². The van der Waals surface area contributed by atoms with E-state index in [1.807, 2.05) is 0 Å². The minimum atomic E-state index is 0.353. The van der Waals surface area contributed by atoms with Gasteiger partial charge in [0.2, 0.25) is 0 Å². The molecule has 1 aliphatic carbocycles. The van der Waals surface area contributed by atoms with Gasteiger partial charge < -0.3 is 15.0 Å². The van der Waals surface area contributed by atoms with Gasteiger partial charge in [0.05, 0.1) is 6.61 Å². The smallest absolute Gasteiger partial charge is 0.119 e. The fourth-order valence-electron chi connectivity index (χ4n) is 6.91. The van der Waals surface area contributed by atoms with E-state index in [-0.39, 0.29) is 0 Å². The van der Waals surface area contributed by atoms with Crippen LogP contribution in [0.3, 0.4) is 0 Å². The zero-order valence-electron chi connectivity index (χ0n) is 19.8. The number of benzene rings is 2. The normalized spacial score (nSPS) is 25.0. The van der Waals surface area contributed by atoms with Crippen molar-refractivity contribution in [3.63, 3.8) is 0 Å². The maximum Gasteiger partial charge on any atom is 0.119 e. The highest BCUT2D eigenvalue weighted by molar-refractivity contribution is 5.39. The lowest BCUT2D eigenvalue weighted by atomic mass is 9.57. The lowest BCUT2D eigenvalue weighted by molar-refractivity contribution is 0.0774. The molecule has 0 aromatic heterocycles. The zero-order chi connectivity index (χ0) is 21.8. The zero-order valence-corrected chi connectivity index (χ0v) is 19.8.